The van der Waals surface area contributed by atoms with Gasteiger partial charge in [-0.2, -0.15) is 0 Å². The fourth-order valence-corrected chi connectivity index (χ4v) is 2.89. The second-order valence-electron chi connectivity index (χ2n) is 5.41. The van der Waals surface area contributed by atoms with Gasteiger partial charge in [-0.05, 0) is 38.6 Å². The third kappa shape index (κ3) is 3.19. The fourth-order valence-electron chi connectivity index (χ4n) is 2.89. The number of ether oxygens (including phenoxy) is 1. The van der Waals surface area contributed by atoms with Gasteiger partial charge in [0.15, 0.2) is 0 Å². The van der Waals surface area contributed by atoms with Crippen LogP contribution in [0.3, 0.4) is 0 Å². The molecule has 1 N–H and O–H groups in total. The zero-order valence-electron chi connectivity index (χ0n) is 10.9. The molecule has 0 spiro atoms. The van der Waals surface area contributed by atoms with Gasteiger partial charge in [0.1, 0.15) is 0 Å². The minimum Gasteiger partial charge on any atom is -0.381 e. The van der Waals surface area contributed by atoms with E-state index in [0.29, 0.717) is 17.9 Å². The van der Waals surface area contributed by atoms with Crippen LogP contribution in [0.15, 0.2) is 0 Å². The number of hydrogen-bond acceptors (Lipinski definition) is 3. The van der Waals surface area contributed by atoms with Crippen molar-refractivity contribution in [2.24, 2.45) is 11.8 Å². The van der Waals surface area contributed by atoms with E-state index in [1.165, 1.54) is 0 Å². The zero-order chi connectivity index (χ0) is 12.3. The first-order valence-electron chi connectivity index (χ1n) is 6.74. The number of nitrogens with zero attached hydrogens (tertiary/aromatic N) is 1. The number of hydrogen-bond donors (Lipinski definition) is 1. The Kier molecular flexibility index (Phi) is 4.40. The van der Waals surface area contributed by atoms with E-state index >= 15 is 0 Å². The summed E-state index contributed by atoms with van der Waals surface area (Å²) in [5, 5.41) is 3.34. The molecule has 2 aliphatic rings. The second kappa shape index (κ2) is 5.83. The molecule has 0 aromatic rings. The zero-order valence-corrected chi connectivity index (χ0v) is 10.9. The minimum atomic E-state index is 0.180. The van der Waals surface area contributed by atoms with E-state index in [-0.39, 0.29) is 5.92 Å². The number of carbonyl (C=O) groups excluding carboxylic acids is 1. The summed E-state index contributed by atoms with van der Waals surface area (Å²) < 4.78 is 5.35. The Morgan fingerprint density at radius 3 is 2.65 bits per heavy atom. The second-order valence-corrected chi connectivity index (χ2v) is 5.41. The first-order chi connectivity index (χ1) is 8.18. The molecule has 17 heavy (non-hydrogen) atoms. The van der Waals surface area contributed by atoms with E-state index in [4.69, 9.17) is 4.74 Å². The van der Waals surface area contributed by atoms with Crippen molar-refractivity contribution >= 4 is 5.91 Å². The Morgan fingerprint density at radius 1 is 1.35 bits per heavy atom. The molecule has 0 saturated carbocycles. The number of nitrogens with one attached hydrogen (secondary N) is 1. The molecule has 0 aromatic carbocycles. The third-order valence-corrected chi connectivity index (χ3v) is 4.09. The maximum absolute atomic E-state index is 12.3. The Morgan fingerprint density at radius 2 is 2.06 bits per heavy atom. The summed E-state index contributed by atoms with van der Waals surface area (Å²) in [6, 6.07) is 0.333. The van der Waals surface area contributed by atoms with Crippen molar-refractivity contribution in [3.8, 4) is 0 Å². The average Bonchev–Trinajstić information content (AvgIpc) is 2.76. The van der Waals surface area contributed by atoms with Crippen molar-refractivity contribution in [1.82, 2.24) is 10.2 Å². The molecule has 2 rings (SSSR count). The molecule has 2 unspecified atom stereocenters. The lowest BCUT2D eigenvalue weighted by Gasteiger charge is -2.29. The molecule has 2 heterocycles. The standard InChI is InChI=1S/C13H24N2O2/c1-10-12(3-6-14-10)13(16)15(2)9-11-4-7-17-8-5-11/h10-12,14H,3-9H2,1-2H3. The summed E-state index contributed by atoms with van der Waals surface area (Å²) in [7, 11) is 1.95. The van der Waals surface area contributed by atoms with Gasteiger partial charge in [0, 0.05) is 32.8 Å². The number of rotatable bonds is 3. The molecular weight excluding hydrogens is 216 g/mol. The van der Waals surface area contributed by atoms with Gasteiger partial charge in [0.2, 0.25) is 5.91 Å². The molecule has 0 aliphatic carbocycles. The number of carbonyl (C=O) groups is 1. The smallest absolute Gasteiger partial charge is 0.227 e. The van der Waals surface area contributed by atoms with Crippen LogP contribution in [0.2, 0.25) is 0 Å². The normalized spacial score (nSPS) is 30.5. The van der Waals surface area contributed by atoms with Gasteiger partial charge in [0.05, 0.1) is 5.92 Å². The minimum absolute atomic E-state index is 0.180. The lowest BCUT2D eigenvalue weighted by Crippen LogP contribution is -2.41. The molecule has 98 valence electrons. The monoisotopic (exact) mass is 240 g/mol. The van der Waals surface area contributed by atoms with E-state index in [2.05, 4.69) is 12.2 Å². The Balaban J connectivity index is 1.81. The van der Waals surface area contributed by atoms with E-state index < -0.39 is 0 Å². The van der Waals surface area contributed by atoms with Crippen LogP contribution in [0.4, 0.5) is 0 Å². The van der Waals surface area contributed by atoms with Crippen LogP contribution in [0.1, 0.15) is 26.2 Å². The Hall–Kier alpha value is -0.610. The van der Waals surface area contributed by atoms with E-state index in [0.717, 1.165) is 45.6 Å². The highest BCUT2D eigenvalue weighted by atomic mass is 16.5. The van der Waals surface area contributed by atoms with Gasteiger partial charge in [0.25, 0.3) is 0 Å². The lowest BCUT2D eigenvalue weighted by molar-refractivity contribution is -0.135. The molecule has 1 amide bonds. The Bertz CT molecular complexity index is 264. The Labute approximate surface area is 104 Å². The molecule has 2 fully saturated rings. The van der Waals surface area contributed by atoms with Gasteiger partial charge in [-0.3, -0.25) is 4.79 Å². The molecule has 2 aliphatic heterocycles. The maximum atomic E-state index is 12.3. The molecule has 4 nitrogen and oxygen atoms in total. The summed E-state index contributed by atoms with van der Waals surface area (Å²) in [6.45, 7) is 5.69. The highest BCUT2D eigenvalue weighted by molar-refractivity contribution is 5.79. The van der Waals surface area contributed by atoms with Gasteiger partial charge >= 0.3 is 0 Å². The van der Waals surface area contributed by atoms with Crippen molar-refractivity contribution in [3.63, 3.8) is 0 Å². The summed E-state index contributed by atoms with van der Waals surface area (Å²) in [5.41, 5.74) is 0. The maximum Gasteiger partial charge on any atom is 0.227 e. The predicted molar refractivity (Wildman–Crippen MR) is 66.8 cm³/mol. The highest BCUT2D eigenvalue weighted by Gasteiger charge is 2.32. The fraction of sp³-hybridized carbons (Fsp3) is 0.923. The molecular formula is C13H24N2O2. The predicted octanol–water partition coefficient (Wildman–Crippen LogP) is 0.869. The van der Waals surface area contributed by atoms with E-state index in [9.17, 15) is 4.79 Å². The van der Waals surface area contributed by atoms with Crippen LogP contribution >= 0.6 is 0 Å². The molecule has 0 bridgehead atoms. The molecule has 2 saturated heterocycles. The van der Waals surface area contributed by atoms with Crippen molar-refractivity contribution in [2.75, 3.05) is 33.4 Å². The molecule has 2 atom stereocenters. The molecule has 0 radical (unpaired) electrons. The topological polar surface area (TPSA) is 41.6 Å². The third-order valence-electron chi connectivity index (χ3n) is 4.09. The number of amides is 1. The highest BCUT2D eigenvalue weighted by Crippen LogP contribution is 2.20. The van der Waals surface area contributed by atoms with Crippen molar-refractivity contribution in [3.05, 3.63) is 0 Å². The molecule has 0 aromatic heterocycles. The summed E-state index contributed by atoms with van der Waals surface area (Å²) >= 11 is 0. The van der Waals surface area contributed by atoms with Crippen molar-refractivity contribution < 1.29 is 9.53 Å². The lowest BCUT2D eigenvalue weighted by atomic mass is 9.97. The van der Waals surface area contributed by atoms with Crippen LogP contribution < -0.4 is 5.32 Å². The van der Waals surface area contributed by atoms with E-state index in [1.54, 1.807) is 0 Å². The van der Waals surface area contributed by atoms with Gasteiger partial charge in [-0.1, -0.05) is 0 Å². The molecule has 4 heteroatoms. The largest absolute Gasteiger partial charge is 0.381 e. The first kappa shape index (κ1) is 12.8. The summed E-state index contributed by atoms with van der Waals surface area (Å²) in [4.78, 5) is 14.2. The summed E-state index contributed by atoms with van der Waals surface area (Å²) in [5.74, 6) is 1.12. The summed E-state index contributed by atoms with van der Waals surface area (Å²) in [6.07, 6.45) is 3.17. The van der Waals surface area contributed by atoms with Crippen LogP contribution in [0.5, 0.6) is 0 Å². The van der Waals surface area contributed by atoms with Crippen LogP contribution in [-0.4, -0.2) is 50.2 Å². The van der Waals surface area contributed by atoms with Gasteiger partial charge < -0.3 is 15.0 Å². The first-order valence-corrected chi connectivity index (χ1v) is 6.74. The van der Waals surface area contributed by atoms with Crippen molar-refractivity contribution in [2.45, 2.75) is 32.2 Å². The van der Waals surface area contributed by atoms with Crippen LogP contribution in [0.25, 0.3) is 0 Å². The van der Waals surface area contributed by atoms with Gasteiger partial charge in [-0.15, -0.1) is 0 Å². The van der Waals surface area contributed by atoms with Crippen molar-refractivity contribution in [1.29, 1.82) is 0 Å². The van der Waals surface area contributed by atoms with Gasteiger partial charge in [-0.25, -0.2) is 0 Å². The SMILES string of the molecule is CC1NCCC1C(=O)N(C)CC1CCOCC1. The quantitative estimate of drug-likeness (QED) is 0.796. The average molecular weight is 240 g/mol. The van der Waals surface area contributed by atoms with Crippen LogP contribution in [0, 0.1) is 11.8 Å². The van der Waals surface area contributed by atoms with Crippen LogP contribution in [-0.2, 0) is 9.53 Å². The van der Waals surface area contributed by atoms with E-state index in [1.807, 2.05) is 11.9 Å².